The van der Waals surface area contributed by atoms with Crippen LogP contribution in [-0.4, -0.2) is 72.0 Å². The molecule has 0 radical (unpaired) electrons. The topological polar surface area (TPSA) is 59.8 Å². The standard InChI is InChI=1S/C16H26N4O3/c1-12-15(16(22-3)18(2)17-12)13-5-4-6-20(13)11-14(21)19-7-9-23-10-8-19/h13H,4-11H2,1-3H3/t13-/m0/s1. The van der Waals surface area contributed by atoms with Crippen LogP contribution < -0.4 is 4.74 Å². The summed E-state index contributed by atoms with van der Waals surface area (Å²) in [5.41, 5.74) is 2.11. The molecular weight excluding hydrogens is 296 g/mol. The van der Waals surface area contributed by atoms with Crippen molar-refractivity contribution in [3.8, 4) is 5.88 Å². The minimum Gasteiger partial charge on any atom is -0.481 e. The van der Waals surface area contributed by atoms with Crippen LogP contribution in [0.25, 0.3) is 0 Å². The van der Waals surface area contributed by atoms with Crippen molar-refractivity contribution < 1.29 is 14.3 Å². The third-order valence-electron chi connectivity index (χ3n) is 4.81. The van der Waals surface area contributed by atoms with E-state index in [1.165, 1.54) is 0 Å². The molecule has 7 heteroatoms. The molecule has 2 aliphatic heterocycles. The predicted octanol–water partition coefficient (Wildman–Crippen LogP) is 0.733. The summed E-state index contributed by atoms with van der Waals surface area (Å²) in [6.45, 7) is 6.10. The molecule has 0 bridgehead atoms. The second kappa shape index (κ2) is 6.88. The molecule has 0 aromatic carbocycles. The van der Waals surface area contributed by atoms with Gasteiger partial charge in [0.05, 0.1) is 38.1 Å². The second-order valence-electron chi connectivity index (χ2n) is 6.25. The van der Waals surface area contributed by atoms with Crippen LogP contribution in [0.4, 0.5) is 0 Å². The number of amides is 1. The smallest absolute Gasteiger partial charge is 0.236 e. The number of ether oxygens (including phenoxy) is 2. The Morgan fingerprint density at radius 1 is 1.35 bits per heavy atom. The molecule has 1 aromatic rings. The van der Waals surface area contributed by atoms with Gasteiger partial charge in [0.15, 0.2) is 0 Å². The summed E-state index contributed by atoms with van der Waals surface area (Å²) in [4.78, 5) is 16.7. The summed E-state index contributed by atoms with van der Waals surface area (Å²) in [5, 5.41) is 4.48. The first-order chi connectivity index (χ1) is 11.1. The lowest BCUT2D eigenvalue weighted by Gasteiger charge is -2.30. The van der Waals surface area contributed by atoms with E-state index in [1.54, 1.807) is 11.8 Å². The van der Waals surface area contributed by atoms with Crippen LogP contribution in [0.15, 0.2) is 0 Å². The summed E-state index contributed by atoms with van der Waals surface area (Å²) in [7, 11) is 3.58. The highest BCUT2D eigenvalue weighted by atomic mass is 16.5. The Morgan fingerprint density at radius 2 is 2.09 bits per heavy atom. The van der Waals surface area contributed by atoms with Crippen LogP contribution in [0.2, 0.25) is 0 Å². The maximum Gasteiger partial charge on any atom is 0.236 e. The lowest BCUT2D eigenvalue weighted by Crippen LogP contribution is -2.45. The Morgan fingerprint density at radius 3 is 2.78 bits per heavy atom. The van der Waals surface area contributed by atoms with Gasteiger partial charge in [-0.15, -0.1) is 0 Å². The first kappa shape index (κ1) is 16.3. The maximum absolute atomic E-state index is 12.6. The number of aromatic nitrogens is 2. The van der Waals surface area contributed by atoms with Crippen LogP contribution in [-0.2, 0) is 16.6 Å². The number of likely N-dealkylation sites (tertiary alicyclic amines) is 1. The normalized spacial score (nSPS) is 22.6. The average molecular weight is 322 g/mol. The summed E-state index contributed by atoms with van der Waals surface area (Å²) in [6.07, 6.45) is 2.14. The summed E-state index contributed by atoms with van der Waals surface area (Å²) < 4.78 is 12.6. The average Bonchev–Trinajstić information content (AvgIpc) is 3.11. The van der Waals surface area contributed by atoms with Gasteiger partial charge in [0.25, 0.3) is 0 Å². The van der Waals surface area contributed by atoms with Gasteiger partial charge in [0, 0.05) is 26.2 Å². The Labute approximate surface area is 137 Å². The molecule has 23 heavy (non-hydrogen) atoms. The summed E-state index contributed by atoms with van der Waals surface area (Å²) >= 11 is 0. The third-order valence-corrected chi connectivity index (χ3v) is 4.81. The molecule has 2 fully saturated rings. The fourth-order valence-electron chi connectivity index (χ4n) is 3.71. The van der Waals surface area contributed by atoms with Gasteiger partial charge in [-0.05, 0) is 26.3 Å². The monoisotopic (exact) mass is 322 g/mol. The van der Waals surface area contributed by atoms with E-state index >= 15 is 0 Å². The van der Waals surface area contributed by atoms with Crippen molar-refractivity contribution in [1.82, 2.24) is 19.6 Å². The third kappa shape index (κ3) is 3.21. The fraction of sp³-hybridized carbons (Fsp3) is 0.750. The van der Waals surface area contributed by atoms with Gasteiger partial charge in [0.2, 0.25) is 11.8 Å². The fourth-order valence-corrected chi connectivity index (χ4v) is 3.71. The number of aryl methyl sites for hydroxylation is 2. The van der Waals surface area contributed by atoms with Gasteiger partial charge in [-0.25, -0.2) is 4.68 Å². The van der Waals surface area contributed by atoms with Crippen LogP contribution in [0.5, 0.6) is 5.88 Å². The van der Waals surface area contributed by atoms with Gasteiger partial charge >= 0.3 is 0 Å². The zero-order valence-electron chi connectivity index (χ0n) is 14.2. The van der Waals surface area contributed by atoms with E-state index in [-0.39, 0.29) is 11.9 Å². The van der Waals surface area contributed by atoms with E-state index in [9.17, 15) is 4.79 Å². The summed E-state index contributed by atoms with van der Waals surface area (Å²) in [5.74, 6) is 0.999. The molecule has 0 N–H and O–H groups in total. The molecule has 0 aliphatic carbocycles. The molecule has 7 nitrogen and oxygen atoms in total. The number of hydrogen-bond acceptors (Lipinski definition) is 5. The number of hydrogen-bond donors (Lipinski definition) is 0. The van der Waals surface area contributed by atoms with Crippen LogP contribution >= 0.6 is 0 Å². The highest BCUT2D eigenvalue weighted by molar-refractivity contribution is 5.78. The molecule has 2 saturated heterocycles. The van der Waals surface area contributed by atoms with E-state index in [0.717, 1.165) is 36.5 Å². The Bertz CT molecular complexity index is 566. The first-order valence-electron chi connectivity index (χ1n) is 8.29. The number of carbonyl (C=O) groups excluding carboxylic acids is 1. The number of nitrogens with zero attached hydrogens (tertiary/aromatic N) is 4. The van der Waals surface area contributed by atoms with E-state index < -0.39 is 0 Å². The largest absolute Gasteiger partial charge is 0.481 e. The molecular formula is C16H26N4O3. The van der Waals surface area contributed by atoms with Gasteiger partial charge in [-0.3, -0.25) is 9.69 Å². The van der Waals surface area contributed by atoms with Crippen LogP contribution in [0, 0.1) is 6.92 Å². The lowest BCUT2D eigenvalue weighted by atomic mass is 10.0. The second-order valence-corrected chi connectivity index (χ2v) is 6.25. The molecule has 128 valence electrons. The maximum atomic E-state index is 12.6. The molecule has 0 unspecified atom stereocenters. The minimum absolute atomic E-state index is 0.195. The van der Waals surface area contributed by atoms with Crippen molar-refractivity contribution in [3.63, 3.8) is 0 Å². The number of morpholine rings is 1. The number of rotatable bonds is 4. The van der Waals surface area contributed by atoms with E-state index in [4.69, 9.17) is 9.47 Å². The summed E-state index contributed by atoms with van der Waals surface area (Å²) in [6, 6.07) is 0.212. The molecule has 1 aromatic heterocycles. The van der Waals surface area contributed by atoms with E-state index in [0.29, 0.717) is 32.8 Å². The van der Waals surface area contributed by atoms with E-state index in [1.807, 2.05) is 18.9 Å². The zero-order chi connectivity index (χ0) is 16.4. The predicted molar refractivity (Wildman–Crippen MR) is 85.4 cm³/mol. The molecule has 1 amide bonds. The SMILES string of the molecule is COc1c([C@@H]2CCCN2CC(=O)N2CCOCC2)c(C)nn1C. The van der Waals surface area contributed by atoms with Crippen molar-refractivity contribution in [2.75, 3.05) is 46.5 Å². The van der Waals surface area contributed by atoms with Crippen LogP contribution in [0.1, 0.15) is 30.1 Å². The first-order valence-corrected chi connectivity index (χ1v) is 8.29. The molecule has 0 saturated carbocycles. The van der Waals surface area contributed by atoms with Crippen molar-refractivity contribution >= 4 is 5.91 Å². The van der Waals surface area contributed by atoms with Crippen molar-refractivity contribution in [2.24, 2.45) is 7.05 Å². The zero-order valence-corrected chi connectivity index (χ0v) is 14.2. The van der Waals surface area contributed by atoms with Gasteiger partial charge in [0.1, 0.15) is 0 Å². The number of methoxy groups -OCH3 is 1. The Balaban J connectivity index is 1.74. The lowest BCUT2D eigenvalue weighted by molar-refractivity contribution is -0.136. The van der Waals surface area contributed by atoms with Gasteiger partial charge in [-0.1, -0.05) is 0 Å². The Hall–Kier alpha value is -1.60. The van der Waals surface area contributed by atoms with Crippen molar-refractivity contribution in [2.45, 2.75) is 25.8 Å². The molecule has 3 rings (SSSR count). The molecule has 0 spiro atoms. The van der Waals surface area contributed by atoms with E-state index in [2.05, 4.69) is 10.00 Å². The number of carbonyl (C=O) groups is 1. The molecule has 1 atom stereocenters. The molecule has 2 aliphatic rings. The van der Waals surface area contributed by atoms with Crippen molar-refractivity contribution in [3.05, 3.63) is 11.3 Å². The highest BCUT2D eigenvalue weighted by Crippen LogP contribution is 2.38. The quantitative estimate of drug-likeness (QED) is 0.818. The molecule has 3 heterocycles. The van der Waals surface area contributed by atoms with Gasteiger partial charge < -0.3 is 14.4 Å². The Kier molecular flexibility index (Phi) is 4.87. The highest BCUT2D eigenvalue weighted by Gasteiger charge is 2.34. The van der Waals surface area contributed by atoms with Crippen molar-refractivity contribution in [1.29, 1.82) is 0 Å². The van der Waals surface area contributed by atoms with Gasteiger partial charge in [-0.2, -0.15) is 5.10 Å². The van der Waals surface area contributed by atoms with Crippen LogP contribution in [0.3, 0.4) is 0 Å². The minimum atomic E-state index is 0.195.